The molecule has 3 rings (SSSR count). The van der Waals surface area contributed by atoms with Gasteiger partial charge in [-0.05, 0) is 24.6 Å². The van der Waals surface area contributed by atoms with Crippen LogP contribution in [-0.2, 0) is 0 Å². The minimum Gasteiger partial charge on any atom is -0.396 e. The lowest BCUT2D eigenvalue weighted by Gasteiger charge is -2.10. The van der Waals surface area contributed by atoms with E-state index in [1.807, 2.05) is 30.3 Å². The van der Waals surface area contributed by atoms with Crippen molar-refractivity contribution in [3.63, 3.8) is 0 Å². The maximum absolute atomic E-state index is 8.87. The van der Waals surface area contributed by atoms with Crippen molar-refractivity contribution in [1.82, 2.24) is 15.2 Å². The zero-order chi connectivity index (χ0) is 15.4. The van der Waals surface area contributed by atoms with Crippen molar-refractivity contribution >= 4 is 28.2 Å². The number of hydrogen-bond acceptors (Lipinski definition) is 5. The molecular formula is C16H15ClN4O. The van der Waals surface area contributed by atoms with Crippen molar-refractivity contribution in [2.45, 2.75) is 6.42 Å². The molecule has 0 spiro atoms. The van der Waals surface area contributed by atoms with Crippen LogP contribution < -0.4 is 5.32 Å². The first-order valence-electron chi connectivity index (χ1n) is 7.00. The number of aliphatic hydroxyl groups is 1. The van der Waals surface area contributed by atoms with Gasteiger partial charge in [0.25, 0.3) is 0 Å². The first kappa shape index (κ1) is 14.7. The summed E-state index contributed by atoms with van der Waals surface area (Å²) >= 11 is 5.94. The first-order chi connectivity index (χ1) is 10.8. The summed E-state index contributed by atoms with van der Waals surface area (Å²) in [5, 5.41) is 23.2. The Labute approximate surface area is 133 Å². The average molecular weight is 315 g/mol. The van der Waals surface area contributed by atoms with E-state index in [-0.39, 0.29) is 6.61 Å². The fourth-order valence-corrected chi connectivity index (χ4v) is 2.36. The summed E-state index contributed by atoms with van der Waals surface area (Å²) in [5.41, 5.74) is 1.75. The van der Waals surface area contributed by atoms with Gasteiger partial charge in [-0.15, -0.1) is 10.2 Å². The summed E-state index contributed by atoms with van der Waals surface area (Å²) in [5.74, 6) is 0.675. The van der Waals surface area contributed by atoms with E-state index >= 15 is 0 Å². The Kier molecular flexibility index (Phi) is 4.46. The number of fused-ring (bicyclic) bond motifs is 1. The van der Waals surface area contributed by atoms with Crippen LogP contribution >= 0.6 is 11.6 Å². The predicted octanol–water partition coefficient (Wildman–Crippen LogP) is 3.14. The summed E-state index contributed by atoms with van der Waals surface area (Å²) in [6, 6.07) is 9.43. The molecule has 112 valence electrons. The number of pyridine rings is 1. The number of rotatable bonds is 5. The summed E-state index contributed by atoms with van der Waals surface area (Å²) in [7, 11) is 0. The Morgan fingerprint density at radius 3 is 2.64 bits per heavy atom. The number of anilines is 1. The van der Waals surface area contributed by atoms with Crippen molar-refractivity contribution in [1.29, 1.82) is 0 Å². The predicted molar refractivity (Wildman–Crippen MR) is 88.0 cm³/mol. The monoisotopic (exact) mass is 314 g/mol. The maximum atomic E-state index is 8.87. The van der Waals surface area contributed by atoms with Crippen LogP contribution in [0.25, 0.3) is 22.0 Å². The molecule has 0 amide bonds. The second kappa shape index (κ2) is 6.68. The summed E-state index contributed by atoms with van der Waals surface area (Å²) in [6.07, 6.45) is 4.16. The lowest BCUT2D eigenvalue weighted by molar-refractivity contribution is 0.292. The van der Waals surface area contributed by atoms with Crippen LogP contribution in [-0.4, -0.2) is 33.4 Å². The van der Waals surface area contributed by atoms with E-state index in [0.717, 1.165) is 22.0 Å². The third kappa shape index (κ3) is 3.00. The molecule has 2 N–H and O–H groups in total. The molecule has 0 fully saturated rings. The highest BCUT2D eigenvalue weighted by Crippen LogP contribution is 2.29. The van der Waals surface area contributed by atoms with Crippen LogP contribution in [0.2, 0.25) is 5.02 Å². The Bertz CT molecular complexity index is 777. The number of benzene rings is 1. The minimum absolute atomic E-state index is 0.138. The standard InChI is InChI=1S/C16H15ClN4O/c17-12-4-2-11(3-5-12)15-13-6-8-18-10-14(13)16(21-20-15)19-7-1-9-22/h2-6,8,10,22H,1,7,9H2,(H,19,21). The quantitative estimate of drug-likeness (QED) is 0.708. The van der Waals surface area contributed by atoms with Crippen molar-refractivity contribution in [3.05, 3.63) is 47.7 Å². The topological polar surface area (TPSA) is 70.9 Å². The van der Waals surface area contributed by atoms with Gasteiger partial charge in [0.15, 0.2) is 5.82 Å². The number of aromatic nitrogens is 3. The Morgan fingerprint density at radius 1 is 1.05 bits per heavy atom. The molecule has 0 unspecified atom stereocenters. The van der Waals surface area contributed by atoms with Gasteiger partial charge in [0.05, 0.1) is 0 Å². The van der Waals surface area contributed by atoms with Crippen molar-refractivity contribution in [2.75, 3.05) is 18.5 Å². The molecule has 3 aromatic rings. The SMILES string of the molecule is OCCCNc1nnc(-c2ccc(Cl)cc2)c2ccncc12. The highest BCUT2D eigenvalue weighted by molar-refractivity contribution is 6.30. The molecule has 5 nitrogen and oxygen atoms in total. The largest absolute Gasteiger partial charge is 0.396 e. The minimum atomic E-state index is 0.138. The fraction of sp³-hybridized carbons (Fsp3) is 0.188. The van der Waals surface area contributed by atoms with E-state index in [1.165, 1.54) is 0 Å². The number of nitrogens with one attached hydrogen (secondary N) is 1. The van der Waals surface area contributed by atoms with E-state index in [0.29, 0.717) is 23.8 Å². The molecule has 0 bridgehead atoms. The summed E-state index contributed by atoms with van der Waals surface area (Å²) < 4.78 is 0. The van der Waals surface area contributed by atoms with Gasteiger partial charge in [-0.3, -0.25) is 4.98 Å². The van der Waals surface area contributed by atoms with Gasteiger partial charge in [-0.25, -0.2) is 0 Å². The number of aliphatic hydroxyl groups excluding tert-OH is 1. The molecule has 0 aliphatic rings. The molecule has 2 heterocycles. The summed E-state index contributed by atoms with van der Waals surface area (Å²) in [6.45, 7) is 0.773. The summed E-state index contributed by atoms with van der Waals surface area (Å²) in [4.78, 5) is 4.17. The lowest BCUT2D eigenvalue weighted by atomic mass is 10.1. The van der Waals surface area contributed by atoms with E-state index in [1.54, 1.807) is 12.4 Å². The highest BCUT2D eigenvalue weighted by Gasteiger charge is 2.10. The van der Waals surface area contributed by atoms with E-state index < -0.39 is 0 Å². The molecule has 0 saturated carbocycles. The maximum Gasteiger partial charge on any atom is 0.158 e. The van der Waals surface area contributed by atoms with Crippen LogP contribution in [0.1, 0.15) is 6.42 Å². The van der Waals surface area contributed by atoms with Crippen LogP contribution in [0.3, 0.4) is 0 Å². The third-order valence-electron chi connectivity index (χ3n) is 3.33. The molecule has 1 aromatic carbocycles. The van der Waals surface area contributed by atoms with Crippen LogP contribution in [0.4, 0.5) is 5.82 Å². The van der Waals surface area contributed by atoms with Gasteiger partial charge in [-0.1, -0.05) is 23.7 Å². The van der Waals surface area contributed by atoms with Crippen molar-refractivity contribution in [2.24, 2.45) is 0 Å². The number of hydrogen-bond donors (Lipinski definition) is 2. The second-order valence-corrected chi connectivity index (χ2v) is 5.27. The van der Waals surface area contributed by atoms with Crippen molar-refractivity contribution in [3.8, 4) is 11.3 Å². The zero-order valence-electron chi connectivity index (χ0n) is 11.8. The van der Waals surface area contributed by atoms with E-state index in [4.69, 9.17) is 16.7 Å². The van der Waals surface area contributed by atoms with Gasteiger partial charge < -0.3 is 10.4 Å². The number of halogens is 1. The molecule has 6 heteroatoms. The van der Waals surface area contributed by atoms with Gasteiger partial charge in [0.1, 0.15) is 5.69 Å². The van der Waals surface area contributed by atoms with Crippen LogP contribution in [0.15, 0.2) is 42.7 Å². The number of nitrogens with zero attached hydrogens (tertiary/aromatic N) is 3. The van der Waals surface area contributed by atoms with Gasteiger partial charge >= 0.3 is 0 Å². The van der Waals surface area contributed by atoms with Gasteiger partial charge in [0, 0.05) is 46.9 Å². The van der Waals surface area contributed by atoms with Crippen LogP contribution in [0, 0.1) is 0 Å². The van der Waals surface area contributed by atoms with Gasteiger partial charge in [-0.2, -0.15) is 0 Å². The lowest BCUT2D eigenvalue weighted by Crippen LogP contribution is -2.07. The fourth-order valence-electron chi connectivity index (χ4n) is 2.23. The van der Waals surface area contributed by atoms with Gasteiger partial charge in [0.2, 0.25) is 0 Å². The molecule has 0 aliphatic heterocycles. The average Bonchev–Trinajstić information content (AvgIpc) is 2.56. The molecular weight excluding hydrogens is 300 g/mol. The highest BCUT2D eigenvalue weighted by atomic mass is 35.5. The van der Waals surface area contributed by atoms with E-state index in [2.05, 4.69) is 20.5 Å². The Balaban J connectivity index is 2.06. The van der Waals surface area contributed by atoms with Crippen molar-refractivity contribution < 1.29 is 5.11 Å². The first-order valence-corrected chi connectivity index (χ1v) is 7.38. The molecule has 0 radical (unpaired) electrons. The molecule has 2 aromatic heterocycles. The molecule has 0 saturated heterocycles. The zero-order valence-corrected chi connectivity index (χ0v) is 12.6. The smallest absolute Gasteiger partial charge is 0.158 e. The van der Waals surface area contributed by atoms with E-state index in [9.17, 15) is 0 Å². The Morgan fingerprint density at radius 2 is 1.86 bits per heavy atom. The molecule has 0 atom stereocenters. The Hall–Kier alpha value is -2.24. The third-order valence-corrected chi connectivity index (χ3v) is 3.58. The normalized spacial score (nSPS) is 10.8. The molecule has 0 aliphatic carbocycles. The molecule has 22 heavy (non-hydrogen) atoms. The second-order valence-electron chi connectivity index (χ2n) is 4.83. The van der Waals surface area contributed by atoms with Crippen LogP contribution in [0.5, 0.6) is 0 Å².